The van der Waals surface area contributed by atoms with Crippen LogP contribution in [0.5, 0.6) is 0 Å². The van der Waals surface area contributed by atoms with Crippen molar-refractivity contribution >= 4 is 17.2 Å². The number of rotatable bonds is 3. The monoisotopic (exact) mass is 253 g/mol. The number of benzene rings is 1. The van der Waals surface area contributed by atoms with Gasteiger partial charge in [-0.25, -0.2) is 9.97 Å². The molecule has 19 heavy (non-hydrogen) atoms. The van der Waals surface area contributed by atoms with E-state index in [2.05, 4.69) is 22.2 Å². The zero-order chi connectivity index (χ0) is 13.8. The summed E-state index contributed by atoms with van der Waals surface area (Å²) in [5.74, 6) is 0.471. The average molecular weight is 253 g/mol. The summed E-state index contributed by atoms with van der Waals surface area (Å²) in [7, 11) is 3.99. The number of nitriles is 1. The lowest BCUT2D eigenvalue weighted by Crippen LogP contribution is -2.10. The van der Waals surface area contributed by atoms with Crippen LogP contribution in [-0.4, -0.2) is 24.1 Å². The van der Waals surface area contributed by atoms with Gasteiger partial charge in [0.2, 0.25) is 0 Å². The highest BCUT2D eigenvalue weighted by atomic mass is 15.1. The van der Waals surface area contributed by atoms with Gasteiger partial charge in [0.05, 0.1) is 0 Å². The minimum atomic E-state index is 0.287. The van der Waals surface area contributed by atoms with Gasteiger partial charge < -0.3 is 10.2 Å². The van der Waals surface area contributed by atoms with Crippen molar-refractivity contribution < 1.29 is 0 Å². The van der Waals surface area contributed by atoms with E-state index >= 15 is 0 Å². The fourth-order valence-electron chi connectivity index (χ4n) is 1.82. The van der Waals surface area contributed by atoms with Crippen LogP contribution in [-0.2, 0) is 0 Å². The smallest absolute Gasteiger partial charge is 0.183 e. The summed E-state index contributed by atoms with van der Waals surface area (Å²) in [6.07, 6.45) is 3.06. The van der Waals surface area contributed by atoms with E-state index in [1.165, 1.54) is 11.8 Å². The van der Waals surface area contributed by atoms with Crippen molar-refractivity contribution in [3.63, 3.8) is 0 Å². The van der Waals surface area contributed by atoms with Gasteiger partial charge in [-0.1, -0.05) is 6.07 Å². The molecule has 1 N–H and O–H groups in total. The molecule has 0 atom stereocenters. The molecule has 0 aliphatic heterocycles. The van der Waals surface area contributed by atoms with Crippen molar-refractivity contribution in [2.24, 2.45) is 0 Å². The molecule has 5 heteroatoms. The van der Waals surface area contributed by atoms with Crippen LogP contribution in [0.4, 0.5) is 17.2 Å². The van der Waals surface area contributed by atoms with Gasteiger partial charge in [-0.15, -0.1) is 0 Å². The Labute approximate surface area is 112 Å². The van der Waals surface area contributed by atoms with E-state index in [0.717, 1.165) is 11.4 Å². The number of aryl methyl sites for hydroxylation is 1. The molecule has 1 heterocycles. The molecule has 5 nitrogen and oxygen atoms in total. The number of nitrogens with zero attached hydrogens (tertiary/aromatic N) is 4. The predicted octanol–water partition coefficient (Wildman–Crippen LogP) is 2.47. The molecule has 0 fully saturated rings. The molecule has 0 spiro atoms. The minimum absolute atomic E-state index is 0.287. The number of nitrogens with one attached hydrogen (secondary N) is 1. The van der Waals surface area contributed by atoms with Crippen molar-refractivity contribution in [3.05, 3.63) is 41.9 Å². The molecule has 1 aromatic carbocycles. The zero-order valence-corrected chi connectivity index (χ0v) is 11.2. The second kappa shape index (κ2) is 5.36. The van der Waals surface area contributed by atoms with Gasteiger partial charge in [-0.05, 0) is 24.6 Å². The Morgan fingerprint density at radius 1 is 1.21 bits per heavy atom. The van der Waals surface area contributed by atoms with Crippen LogP contribution in [0.1, 0.15) is 11.3 Å². The van der Waals surface area contributed by atoms with Crippen LogP contribution in [0, 0.1) is 18.3 Å². The van der Waals surface area contributed by atoms with E-state index in [1.54, 1.807) is 6.20 Å². The van der Waals surface area contributed by atoms with Gasteiger partial charge in [0.25, 0.3) is 0 Å². The van der Waals surface area contributed by atoms with Crippen LogP contribution >= 0.6 is 0 Å². The summed E-state index contributed by atoms with van der Waals surface area (Å²) in [6, 6.07) is 8.02. The second-order valence-corrected chi connectivity index (χ2v) is 4.39. The molecule has 0 radical (unpaired) electrons. The third kappa shape index (κ3) is 2.80. The summed E-state index contributed by atoms with van der Waals surface area (Å²) in [6.45, 7) is 2.06. The Hall–Kier alpha value is -2.61. The fourth-order valence-corrected chi connectivity index (χ4v) is 1.82. The molecule has 2 aromatic rings. The van der Waals surface area contributed by atoms with Gasteiger partial charge >= 0.3 is 0 Å². The molecule has 0 amide bonds. The quantitative estimate of drug-likeness (QED) is 0.910. The van der Waals surface area contributed by atoms with Crippen molar-refractivity contribution in [2.45, 2.75) is 6.92 Å². The molecule has 2 rings (SSSR count). The van der Waals surface area contributed by atoms with E-state index in [1.807, 2.05) is 43.3 Å². The molecule has 1 aromatic heterocycles. The van der Waals surface area contributed by atoms with Gasteiger partial charge in [-0.3, -0.25) is 0 Å². The molecule has 0 aliphatic rings. The molecule has 0 saturated carbocycles. The van der Waals surface area contributed by atoms with Gasteiger partial charge in [0.15, 0.2) is 11.5 Å². The molecule has 0 bridgehead atoms. The zero-order valence-electron chi connectivity index (χ0n) is 11.2. The SMILES string of the molecule is Cc1ccc(Nc2nccnc2C#N)cc1N(C)C. The molecule has 0 unspecified atom stereocenters. The Balaban J connectivity index is 2.34. The normalized spacial score (nSPS) is 9.79. The maximum atomic E-state index is 8.98. The highest BCUT2D eigenvalue weighted by molar-refractivity contribution is 5.67. The minimum Gasteiger partial charge on any atom is -0.377 e. The maximum Gasteiger partial charge on any atom is 0.183 e. The van der Waals surface area contributed by atoms with Crippen molar-refractivity contribution in [1.29, 1.82) is 5.26 Å². The van der Waals surface area contributed by atoms with Crippen LogP contribution in [0.3, 0.4) is 0 Å². The van der Waals surface area contributed by atoms with Gasteiger partial charge in [-0.2, -0.15) is 5.26 Å². The average Bonchev–Trinajstić information content (AvgIpc) is 2.41. The third-order valence-electron chi connectivity index (χ3n) is 2.76. The highest BCUT2D eigenvalue weighted by Crippen LogP contribution is 2.24. The maximum absolute atomic E-state index is 8.98. The Morgan fingerprint density at radius 3 is 2.63 bits per heavy atom. The standard InChI is InChI=1S/C14H15N5/c1-10-4-5-11(8-13(10)19(2)3)18-14-12(9-15)16-6-7-17-14/h4-8H,1-3H3,(H,17,18). The molecular weight excluding hydrogens is 238 g/mol. The lowest BCUT2D eigenvalue weighted by Gasteiger charge is -2.17. The number of anilines is 3. The van der Waals surface area contributed by atoms with E-state index in [-0.39, 0.29) is 5.69 Å². The summed E-state index contributed by atoms with van der Waals surface area (Å²) < 4.78 is 0. The molecule has 0 saturated heterocycles. The number of aromatic nitrogens is 2. The fraction of sp³-hybridized carbons (Fsp3) is 0.214. The Kier molecular flexibility index (Phi) is 3.62. The number of hydrogen-bond donors (Lipinski definition) is 1. The highest BCUT2D eigenvalue weighted by Gasteiger charge is 2.06. The molecule has 96 valence electrons. The largest absolute Gasteiger partial charge is 0.377 e. The lowest BCUT2D eigenvalue weighted by atomic mass is 10.1. The summed E-state index contributed by atoms with van der Waals surface area (Å²) in [5.41, 5.74) is 3.48. The first-order valence-corrected chi connectivity index (χ1v) is 5.88. The van der Waals surface area contributed by atoms with Crippen LogP contribution in [0.15, 0.2) is 30.6 Å². The summed E-state index contributed by atoms with van der Waals surface area (Å²) >= 11 is 0. The van der Waals surface area contributed by atoms with Crippen molar-refractivity contribution in [2.75, 3.05) is 24.3 Å². The molecular formula is C14H15N5. The number of hydrogen-bond acceptors (Lipinski definition) is 5. The summed E-state index contributed by atoms with van der Waals surface area (Å²) in [4.78, 5) is 10.1. The first-order chi connectivity index (χ1) is 9.11. The van der Waals surface area contributed by atoms with Crippen molar-refractivity contribution in [3.8, 4) is 6.07 Å². The van der Waals surface area contributed by atoms with E-state index in [9.17, 15) is 0 Å². The van der Waals surface area contributed by atoms with Gasteiger partial charge in [0.1, 0.15) is 6.07 Å². The topological polar surface area (TPSA) is 64.8 Å². The Morgan fingerprint density at radius 2 is 1.95 bits per heavy atom. The first kappa shape index (κ1) is 12.8. The molecule has 0 aliphatic carbocycles. The van der Waals surface area contributed by atoms with Crippen LogP contribution in [0.2, 0.25) is 0 Å². The predicted molar refractivity (Wildman–Crippen MR) is 75.5 cm³/mol. The lowest BCUT2D eigenvalue weighted by molar-refractivity contribution is 1.11. The summed E-state index contributed by atoms with van der Waals surface area (Å²) in [5, 5.41) is 12.1. The van der Waals surface area contributed by atoms with Gasteiger partial charge in [0, 0.05) is 37.9 Å². The van der Waals surface area contributed by atoms with Crippen LogP contribution < -0.4 is 10.2 Å². The van der Waals surface area contributed by atoms with E-state index in [4.69, 9.17) is 5.26 Å². The second-order valence-electron chi connectivity index (χ2n) is 4.39. The van der Waals surface area contributed by atoms with Crippen LogP contribution in [0.25, 0.3) is 0 Å². The third-order valence-corrected chi connectivity index (χ3v) is 2.76. The Bertz CT molecular complexity index is 628. The van der Waals surface area contributed by atoms with E-state index < -0.39 is 0 Å². The van der Waals surface area contributed by atoms with Crippen molar-refractivity contribution in [1.82, 2.24) is 9.97 Å². The van der Waals surface area contributed by atoms with E-state index in [0.29, 0.717) is 5.82 Å². The first-order valence-electron chi connectivity index (χ1n) is 5.88.